The normalized spacial score (nSPS) is 11.6. The highest BCUT2D eigenvalue weighted by Crippen LogP contribution is 2.21. The fraction of sp³-hybridized carbons (Fsp3) is 0.333. The van der Waals surface area contributed by atoms with Gasteiger partial charge in [-0.2, -0.15) is 0 Å². The summed E-state index contributed by atoms with van der Waals surface area (Å²) in [6, 6.07) is 20.1. The predicted molar refractivity (Wildman–Crippen MR) is 155 cm³/mol. The van der Waals surface area contributed by atoms with Crippen molar-refractivity contribution in [3.8, 4) is 5.75 Å². The zero-order chi connectivity index (χ0) is 28.2. The van der Waals surface area contributed by atoms with Gasteiger partial charge < -0.3 is 24.8 Å². The van der Waals surface area contributed by atoms with E-state index in [2.05, 4.69) is 5.32 Å². The number of aliphatic carboxylic acids is 1. The fourth-order valence-electron chi connectivity index (χ4n) is 4.08. The van der Waals surface area contributed by atoms with Crippen molar-refractivity contribution in [2.75, 3.05) is 31.6 Å². The van der Waals surface area contributed by atoms with Crippen LogP contribution in [0.1, 0.15) is 30.0 Å². The molecule has 0 spiro atoms. The van der Waals surface area contributed by atoms with Gasteiger partial charge in [-0.05, 0) is 79.8 Å². The summed E-state index contributed by atoms with van der Waals surface area (Å²) in [7, 11) is 0. The molecule has 0 fully saturated rings. The fourth-order valence-corrected chi connectivity index (χ4v) is 4.65. The zero-order valence-electron chi connectivity index (χ0n) is 22.2. The number of carbonyl (C=O) groups is 2. The van der Waals surface area contributed by atoms with Crippen molar-refractivity contribution in [1.29, 1.82) is 0 Å². The van der Waals surface area contributed by atoms with Gasteiger partial charge in [0.25, 0.3) is 0 Å². The Morgan fingerprint density at radius 1 is 0.974 bits per heavy atom. The standard InChI is InChI=1S/C30H34Cl2N2O5/c1-3-38-28(29(35)36)19-22-10-12-26(13-11-22)39-16-15-34(30(37)33-27-9-5-4-7-21(27)2)14-6-8-23-17-24(31)20-25(32)18-23/h4-5,7,9-13,17-18,20,28H,3,6,8,14-16,19H2,1-2H3,(H,33,37)(H,35,36). The van der Waals surface area contributed by atoms with E-state index in [1.165, 1.54) is 0 Å². The first-order valence-corrected chi connectivity index (χ1v) is 13.6. The Bertz CT molecular complexity index is 1220. The van der Waals surface area contributed by atoms with E-state index in [1.807, 2.05) is 55.5 Å². The van der Waals surface area contributed by atoms with Gasteiger partial charge in [-0.3, -0.25) is 0 Å². The van der Waals surface area contributed by atoms with Gasteiger partial charge >= 0.3 is 12.0 Å². The molecule has 0 saturated carbocycles. The molecule has 2 N–H and O–H groups in total. The lowest BCUT2D eigenvalue weighted by molar-refractivity contribution is -0.149. The highest BCUT2D eigenvalue weighted by molar-refractivity contribution is 6.34. The monoisotopic (exact) mass is 572 g/mol. The van der Waals surface area contributed by atoms with Crippen LogP contribution in [0.15, 0.2) is 66.7 Å². The van der Waals surface area contributed by atoms with Crippen LogP contribution in [0.2, 0.25) is 10.0 Å². The molecule has 39 heavy (non-hydrogen) atoms. The molecule has 1 atom stereocenters. The third kappa shape index (κ3) is 10.1. The summed E-state index contributed by atoms with van der Waals surface area (Å²) in [5.74, 6) is -0.352. The molecule has 9 heteroatoms. The smallest absolute Gasteiger partial charge is 0.333 e. The number of nitrogens with one attached hydrogen (secondary N) is 1. The van der Waals surface area contributed by atoms with Gasteiger partial charge in [0.15, 0.2) is 6.10 Å². The molecular weight excluding hydrogens is 539 g/mol. The first-order chi connectivity index (χ1) is 18.7. The number of halogens is 2. The molecule has 3 rings (SSSR count). The number of anilines is 1. The van der Waals surface area contributed by atoms with E-state index < -0.39 is 12.1 Å². The van der Waals surface area contributed by atoms with Gasteiger partial charge in [-0.1, -0.05) is 53.5 Å². The van der Waals surface area contributed by atoms with Crippen LogP contribution in [0.3, 0.4) is 0 Å². The number of carboxylic acid groups (broad SMARTS) is 1. The summed E-state index contributed by atoms with van der Waals surface area (Å²) < 4.78 is 11.2. The summed E-state index contributed by atoms with van der Waals surface area (Å²) >= 11 is 12.3. The van der Waals surface area contributed by atoms with Crippen LogP contribution < -0.4 is 10.1 Å². The van der Waals surface area contributed by atoms with Crippen LogP contribution >= 0.6 is 23.2 Å². The van der Waals surface area contributed by atoms with Crippen molar-refractivity contribution in [3.63, 3.8) is 0 Å². The summed E-state index contributed by atoms with van der Waals surface area (Å²) in [6.07, 6.45) is 0.825. The number of aryl methyl sites for hydroxylation is 2. The van der Waals surface area contributed by atoms with Gasteiger partial charge in [-0.25, -0.2) is 9.59 Å². The third-order valence-electron chi connectivity index (χ3n) is 6.11. The highest BCUT2D eigenvalue weighted by Gasteiger charge is 2.18. The van der Waals surface area contributed by atoms with Crippen LogP contribution in [0.5, 0.6) is 5.75 Å². The summed E-state index contributed by atoms with van der Waals surface area (Å²) in [5.41, 5.74) is 3.59. The minimum atomic E-state index is -0.986. The second kappa shape index (κ2) is 15.4. The first kappa shape index (κ1) is 30.3. The molecule has 0 bridgehead atoms. The largest absolute Gasteiger partial charge is 0.492 e. The third-order valence-corrected chi connectivity index (χ3v) is 6.54. The Morgan fingerprint density at radius 3 is 2.31 bits per heavy atom. The Hall–Kier alpha value is -3.26. The lowest BCUT2D eigenvalue weighted by Gasteiger charge is -2.24. The zero-order valence-corrected chi connectivity index (χ0v) is 23.7. The van der Waals surface area contributed by atoms with Crippen LogP contribution in [0.4, 0.5) is 10.5 Å². The molecule has 3 aromatic rings. The van der Waals surface area contributed by atoms with E-state index in [0.717, 1.165) is 35.2 Å². The highest BCUT2D eigenvalue weighted by atomic mass is 35.5. The molecule has 1 unspecified atom stereocenters. The number of rotatable bonds is 14. The lowest BCUT2D eigenvalue weighted by atomic mass is 10.1. The Kier molecular flexibility index (Phi) is 11.9. The van der Waals surface area contributed by atoms with Crippen molar-refractivity contribution in [2.24, 2.45) is 0 Å². The van der Waals surface area contributed by atoms with Crippen LogP contribution in [0, 0.1) is 6.92 Å². The Balaban J connectivity index is 1.59. The predicted octanol–water partition coefficient (Wildman–Crippen LogP) is 6.88. The van der Waals surface area contributed by atoms with Gasteiger partial charge in [0, 0.05) is 35.3 Å². The average Bonchev–Trinajstić information content (AvgIpc) is 2.89. The van der Waals surface area contributed by atoms with Crippen LogP contribution in [-0.4, -0.2) is 54.4 Å². The maximum absolute atomic E-state index is 13.2. The van der Waals surface area contributed by atoms with E-state index in [9.17, 15) is 14.7 Å². The quantitative estimate of drug-likeness (QED) is 0.220. The summed E-state index contributed by atoms with van der Waals surface area (Å²) in [5, 5.41) is 13.5. The number of carboxylic acids is 1. The van der Waals surface area contributed by atoms with Gasteiger partial charge in [0.1, 0.15) is 12.4 Å². The molecule has 0 aliphatic heterocycles. The topological polar surface area (TPSA) is 88.1 Å². The number of amides is 2. The molecule has 0 aliphatic rings. The number of urea groups is 1. The van der Waals surface area contributed by atoms with Crippen molar-refractivity contribution in [1.82, 2.24) is 4.90 Å². The van der Waals surface area contributed by atoms with Gasteiger partial charge in [0.05, 0.1) is 6.54 Å². The maximum atomic E-state index is 13.2. The van der Waals surface area contributed by atoms with E-state index in [0.29, 0.717) is 42.1 Å². The molecule has 0 heterocycles. The molecule has 7 nitrogen and oxygen atoms in total. The molecule has 3 aromatic carbocycles. The average molecular weight is 574 g/mol. The molecular formula is C30H34Cl2N2O5. The molecule has 208 valence electrons. The molecule has 0 radical (unpaired) electrons. The van der Waals surface area contributed by atoms with Crippen molar-refractivity contribution in [3.05, 3.63) is 93.5 Å². The second-order valence-electron chi connectivity index (χ2n) is 9.09. The number of carbonyl (C=O) groups excluding carboxylic acids is 1. The van der Waals surface area contributed by atoms with Gasteiger partial charge in [0.2, 0.25) is 0 Å². The number of benzene rings is 3. The molecule has 0 aromatic heterocycles. The first-order valence-electron chi connectivity index (χ1n) is 12.9. The van der Waals surface area contributed by atoms with Crippen molar-refractivity contribution < 1.29 is 24.2 Å². The van der Waals surface area contributed by atoms with Crippen molar-refractivity contribution >= 4 is 40.9 Å². The minimum absolute atomic E-state index is 0.206. The van der Waals surface area contributed by atoms with Crippen LogP contribution in [0.25, 0.3) is 0 Å². The Morgan fingerprint density at radius 2 is 1.67 bits per heavy atom. The number of nitrogens with zero attached hydrogens (tertiary/aromatic N) is 1. The summed E-state index contributed by atoms with van der Waals surface area (Å²) in [6.45, 7) is 5.23. The van der Waals surface area contributed by atoms with Crippen LogP contribution in [-0.2, 0) is 22.4 Å². The molecule has 2 amide bonds. The van der Waals surface area contributed by atoms with Gasteiger partial charge in [-0.15, -0.1) is 0 Å². The van der Waals surface area contributed by atoms with E-state index in [1.54, 1.807) is 30.0 Å². The number of hydrogen-bond acceptors (Lipinski definition) is 4. The second-order valence-corrected chi connectivity index (χ2v) is 9.97. The number of hydrogen-bond donors (Lipinski definition) is 2. The number of para-hydroxylation sites is 1. The van der Waals surface area contributed by atoms with Crippen molar-refractivity contribution in [2.45, 2.75) is 39.2 Å². The van der Waals surface area contributed by atoms with E-state index in [4.69, 9.17) is 32.7 Å². The SMILES string of the molecule is CCOC(Cc1ccc(OCCN(CCCc2cc(Cl)cc(Cl)c2)C(=O)Nc2ccccc2C)cc1)C(=O)O. The lowest BCUT2D eigenvalue weighted by Crippen LogP contribution is -2.39. The Labute approximate surface area is 239 Å². The van der Waals surface area contributed by atoms with E-state index in [-0.39, 0.29) is 12.5 Å². The van der Waals surface area contributed by atoms with E-state index >= 15 is 0 Å². The molecule has 0 aliphatic carbocycles. The summed E-state index contributed by atoms with van der Waals surface area (Å²) in [4.78, 5) is 26.2. The maximum Gasteiger partial charge on any atom is 0.333 e. The molecule has 0 saturated heterocycles. The number of ether oxygens (including phenoxy) is 2. The minimum Gasteiger partial charge on any atom is -0.492 e.